The van der Waals surface area contributed by atoms with E-state index in [0.717, 1.165) is 22.3 Å². The molecule has 1 rings (SSSR count). The topological polar surface area (TPSA) is 17.1 Å². The molecule has 1 aromatic carbocycles. The van der Waals surface area contributed by atoms with Crippen molar-refractivity contribution in [3.05, 3.63) is 65.8 Å². The third-order valence-electron chi connectivity index (χ3n) is 2.87. The molecule has 0 saturated heterocycles. The summed E-state index contributed by atoms with van der Waals surface area (Å²) < 4.78 is 0. The van der Waals surface area contributed by atoms with Gasteiger partial charge in [0.25, 0.3) is 0 Å². The van der Waals surface area contributed by atoms with Gasteiger partial charge in [0.2, 0.25) is 0 Å². The number of aryl methyl sites for hydroxylation is 1. The summed E-state index contributed by atoms with van der Waals surface area (Å²) in [5.74, 6) is 0.183. The van der Waals surface area contributed by atoms with Crippen molar-refractivity contribution in [1.29, 1.82) is 0 Å². The van der Waals surface area contributed by atoms with Crippen LogP contribution in [0, 0.1) is 6.92 Å². The number of carbonyl (C=O) groups is 1. The fraction of sp³-hybridized carbons (Fsp3) is 0.235. The first-order valence-corrected chi connectivity index (χ1v) is 6.23. The fourth-order valence-electron chi connectivity index (χ4n) is 1.83. The molecule has 0 N–H and O–H groups in total. The zero-order chi connectivity index (χ0) is 13.5. The molecule has 0 aliphatic rings. The van der Waals surface area contributed by atoms with Crippen molar-refractivity contribution in [1.82, 2.24) is 0 Å². The molecule has 0 aromatic heterocycles. The molecule has 0 aliphatic heterocycles. The molecule has 0 bridgehead atoms. The smallest absolute Gasteiger partial charge is 0.162 e. The molecule has 0 heterocycles. The number of allylic oxidation sites excluding steroid dienone is 5. The second-order valence-electron chi connectivity index (χ2n) is 4.16. The van der Waals surface area contributed by atoms with Crippen molar-refractivity contribution >= 4 is 11.4 Å². The first-order valence-electron chi connectivity index (χ1n) is 6.23. The molecular formula is C17H20O. The molecule has 94 valence electrons. The minimum atomic E-state index is 0.183. The van der Waals surface area contributed by atoms with E-state index in [0.29, 0.717) is 6.42 Å². The van der Waals surface area contributed by atoms with Gasteiger partial charge in [-0.3, -0.25) is 4.79 Å². The maximum atomic E-state index is 11.6. The zero-order valence-corrected chi connectivity index (χ0v) is 11.4. The molecule has 0 unspecified atom stereocenters. The predicted octanol–water partition coefficient (Wildman–Crippen LogP) is 4.73. The normalized spacial score (nSPS) is 11.8. The molecule has 18 heavy (non-hydrogen) atoms. The Labute approximate surface area is 110 Å². The van der Waals surface area contributed by atoms with Gasteiger partial charge >= 0.3 is 0 Å². The number of carbonyl (C=O) groups excluding carboxylic acids is 1. The number of benzene rings is 1. The summed E-state index contributed by atoms with van der Waals surface area (Å²) in [6, 6.07) is 5.84. The lowest BCUT2D eigenvalue weighted by Crippen LogP contribution is -1.98. The van der Waals surface area contributed by atoms with E-state index in [1.54, 1.807) is 0 Å². The van der Waals surface area contributed by atoms with Gasteiger partial charge in [0.1, 0.15) is 0 Å². The van der Waals surface area contributed by atoms with Crippen molar-refractivity contribution in [2.24, 2.45) is 0 Å². The monoisotopic (exact) mass is 240 g/mol. The van der Waals surface area contributed by atoms with Gasteiger partial charge in [-0.1, -0.05) is 49.9 Å². The molecule has 0 radical (unpaired) electrons. The highest BCUT2D eigenvalue weighted by Gasteiger charge is 2.07. The largest absolute Gasteiger partial charge is 0.294 e. The molecule has 0 fully saturated rings. The van der Waals surface area contributed by atoms with Crippen LogP contribution in [0.1, 0.15) is 41.8 Å². The molecule has 1 heteroatoms. The molecule has 0 saturated carbocycles. The van der Waals surface area contributed by atoms with Gasteiger partial charge in [-0.05, 0) is 36.6 Å². The number of hydrogen-bond donors (Lipinski definition) is 0. The van der Waals surface area contributed by atoms with Crippen LogP contribution >= 0.6 is 0 Å². The molecule has 0 amide bonds. The third-order valence-corrected chi connectivity index (χ3v) is 2.87. The van der Waals surface area contributed by atoms with E-state index < -0.39 is 0 Å². The Morgan fingerprint density at radius 1 is 1.39 bits per heavy atom. The van der Waals surface area contributed by atoms with Gasteiger partial charge in [0.15, 0.2) is 5.78 Å². The predicted molar refractivity (Wildman–Crippen MR) is 78.8 cm³/mol. The second kappa shape index (κ2) is 6.75. The van der Waals surface area contributed by atoms with Crippen molar-refractivity contribution in [3.63, 3.8) is 0 Å². The molecule has 0 aliphatic carbocycles. The van der Waals surface area contributed by atoms with Crippen molar-refractivity contribution < 1.29 is 4.79 Å². The van der Waals surface area contributed by atoms with Gasteiger partial charge < -0.3 is 0 Å². The van der Waals surface area contributed by atoms with E-state index in [2.05, 4.69) is 6.58 Å². The Morgan fingerprint density at radius 2 is 2.11 bits per heavy atom. The van der Waals surface area contributed by atoms with Crippen molar-refractivity contribution in [2.45, 2.75) is 27.2 Å². The van der Waals surface area contributed by atoms with Crippen LogP contribution in [0.2, 0.25) is 0 Å². The maximum absolute atomic E-state index is 11.6. The lowest BCUT2D eigenvalue weighted by atomic mass is 9.96. The Bertz CT molecular complexity index is 504. The summed E-state index contributed by atoms with van der Waals surface area (Å²) in [5.41, 5.74) is 4.08. The number of ketones is 1. The quantitative estimate of drug-likeness (QED) is 0.537. The van der Waals surface area contributed by atoms with Gasteiger partial charge in [-0.2, -0.15) is 0 Å². The van der Waals surface area contributed by atoms with E-state index in [1.165, 1.54) is 0 Å². The van der Waals surface area contributed by atoms with Crippen molar-refractivity contribution in [3.8, 4) is 0 Å². The molecule has 1 nitrogen and oxygen atoms in total. The number of Topliss-reactive ketones (excluding diaryl/α,β-unsaturated/α-hetero) is 1. The summed E-state index contributed by atoms with van der Waals surface area (Å²) in [5, 5.41) is 0. The fourth-order valence-corrected chi connectivity index (χ4v) is 1.83. The summed E-state index contributed by atoms with van der Waals surface area (Å²) in [6.07, 6.45) is 8.37. The standard InChI is InChI=1S/C17H20O/c1-5-8-9-14(6-2)16-11-10-15(12-13(16)4)17(18)7-3/h5-6,8-12H,2,7H2,1,3-4H3/b8-5-,14-9+. The third kappa shape index (κ3) is 3.30. The summed E-state index contributed by atoms with van der Waals surface area (Å²) in [7, 11) is 0. The van der Waals surface area contributed by atoms with E-state index in [-0.39, 0.29) is 5.78 Å². The van der Waals surface area contributed by atoms with E-state index >= 15 is 0 Å². The van der Waals surface area contributed by atoms with E-state index in [1.807, 2.05) is 63.3 Å². The first kappa shape index (κ1) is 14.2. The van der Waals surface area contributed by atoms with Gasteiger partial charge in [0.05, 0.1) is 0 Å². The Kier molecular flexibility index (Phi) is 5.31. The first-order chi connectivity index (χ1) is 8.63. The summed E-state index contributed by atoms with van der Waals surface area (Å²) in [4.78, 5) is 11.6. The van der Waals surface area contributed by atoms with E-state index in [4.69, 9.17) is 0 Å². The summed E-state index contributed by atoms with van der Waals surface area (Å²) in [6.45, 7) is 9.72. The van der Waals surface area contributed by atoms with Crippen LogP contribution in [0.4, 0.5) is 0 Å². The zero-order valence-electron chi connectivity index (χ0n) is 11.4. The molecule has 0 spiro atoms. The summed E-state index contributed by atoms with van der Waals surface area (Å²) >= 11 is 0. The molecule has 1 aromatic rings. The van der Waals surface area contributed by atoms with Crippen LogP contribution in [0.25, 0.3) is 5.57 Å². The number of rotatable bonds is 5. The van der Waals surface area contributed by atoms with Crippen LogP contribution in [-0.4, -0.2) is 5.78 Å². The second-order valence-corrected chi connectivity index (χ2v) is 4.16. The average molecular weight is 240 g/mol. The highest BCUT2D eigenvalue weighted by Crippen LogP contribution is 2.21. The van der Waals surface area contributed by atoms with Crippen LogP contribution in [-0.2, 0) is 0 Å². The minimum Gasteiger partial charge on any atom is -0.294 e. The molecular weight excluding hydrogens is 220 g/mol. The Hall–Kier alpha value is -1.89. The van der Waals surface area contributed by atoms with E-state index in [9.17, 15) is 4.79 Å². The maximum Gasteiger partial charge on any atom is 0.162 e. The van der Waals surface area contributed by atoms with Crippen molar-refractivity contribution in [2.75, 3.05) is 0 Å². The Morgan fingerprint density at radius 3 is 2.61 bits per heavy atom. The van der Waals surface area contributed by atoms with Gasteiger partial charge in [0, 0.05) is 12.0 Å². The number of hydrogen-bond acceptors (Lipinski definition) is 1. The lowest BCUT2D eigenvalue weighted by Gasteiger charge is -2.08. The van der Waals surface area contributed by atoms with Crippen LogP contribution in [0.3, 0.4) is 0 Å². The van der Waals surface area contributed by atoms with Crippen LogP contribution in [0.5, 0.6) is 0 Å². The highest BCUT2D eigenvalue weighted by atomic mass is 16.1. The molecule has 0 atom stereocenters. The van der Waals surface area contributed by atoms with Crippen LogP contribution < -0.4 is 0 Å². The highest BCUT2D eigenvalue weighted by molar-refractivity contribution is 5.96. The van der Waals surface area contributed by atoms with Gasteiger partial charge in [-0.15, -0.1) is 0 Å². The SMILES string of the molecule is C=C/C(=C\C=C/C)c1ccc(C(=O)CC)cc1C. The minimum absolute atomic E-state index is 0.183. The lowest BCUT2D eigenvalue weighted by molar-refractivity contribution is 0.0988. The Balaban J connectivity index is 3.19. The average Bonchev–Trinajstić information content (AvgIpc) is 2.40. The van der Waals surface area contributed by atoms with Gasteiger partial charge in [-0.25, -0.2) is 0 Å². The van der Waals surface area contributed by atoms with Crippen LogP contribution in [0.15, 0.2) is 49.1 Å².